The van der Waals surface area contributed by atoms with E-state index in [1.54, 1.807) is 30.3 Å². The second-order valence-electron chi connectivity index (χ2n) is 7.84. The zero-order chi connectivity index (χ0) is 22.7. The molecule has 2 aromatic carbocycles. The number of hydrogen-bond donors (Lipinski definition) is 1. The number of nitrogens with zero attached hydrogens (tertiary/aromatic N) is 3. The molecule has 2 heterocycles. The average molecular weight is 459 g/mol. The molecule has 0 unspecified atom stereocenters. The van der Waals surface area contributed by atoms with Crippen molar-refractivity contribution in [3.63, 3.8) is 0 Å². The summed E-state index contributed by atoms with van der Waals surface area (Å²) in [6, 6.07) is 13.4. The number of fused-ring (bicyclic) bond motifs is 1. The number of amides is 2. The van der Waals surface area contributed by atoms with Gasteiger partial charge in [-0.05, 0) is 37.4 Å². The minimum absolute atomic E-state index is 0.0647. The van der Waals surface area contributed by atoms with E-state index in [4.69, 9.17) is 4.74 Å². The minimum atomic E-state index is -3.63. The zero-order valence-electron chi connectivity index (χ0n) is 17.9. The fourth-order valence-electron chi connectivity index (χ4n) is 3.75. The number of sulfonamides is 1. The van der Waals surface area contributed by atoms with E-state index >= 15 is 0 Å². The summed E-state index contributed by atoms with van der Waals surface area (Å²) < 4.78 is 32.8. The maximum atomic E-state index is 13.0. The van der Waals surface area contributed by atoms with Gasteiger partial charge in [0.15, 0.2) is 6.61 Å². The van der Waals surface area contributed by atoms with E-state index in [0.29, 0.717) is 43.3 Å². The van der Waals surface area contributed by atoms with Crippen LogP contribution in [0.15, 0.2) is 53.4 Å². The highest BCUT2D eigenvalue weighted by Crippen LogP contribution is 2.31. The summed E-state index contributed by atoms with van der Waals surface area (Å²) in [5, 5.41) is 2.74. The maximum absolute atomic E-state index is 13.0. The molecule has 0 aliphatic carbocycles. The topological polar surface area (TPSA) is 99.3 Å². The van der Waals surface area contributed by atoms with Crippen molar-refractivity contribution in [1.29, 1.82) is 0 Å². The molecule has 1 fully saturated rings. The second-order valence-corrected chi connectivity index (χ2v) is 9.77. The molecule has 10 heteroatoms. The Kier molecular flexibility index (Phi) is 6.45. The van der Waals surface area contributed by atoms with E-state index in [1.165, 1.54) is 21.3 Å². The predicted octanol–water partition coefficient (Wildman–Crippen LogP) is 1.38. The molecular formula is C22H26N4O5S. The standard InChI is InChI=1S/C22H26N4O5S/c1-24-11-13-25(14-12-24)32(29,30)18-6-4-5-17(15-18)23-21(27)9-10-26-19-7-2-3-8-20(19)31-16-22(26)28/h2-8,15H,9-14,16H2,1H3,(H,23,27). The summed E-state index contributed by atoms with van der Waals surface area (Å²) in [6.07, 6.45) is 0.0650. The number of para-hydroxylation sites is 2. The first-order valence-electron chi connectivity index (χ1n) is 10.5. The van der Waals surface area contributed by atoms with E-state index in [0.717, 1.165) is 0 Å². The largest absolute Gasteiger partial charge is 0.482 e. The van der Waals surface area contributed by atoms with Crippen molar-refractivity contribution in [2.45, 2.75) is 11.3 Å². The molecular weight excluding hydrogens is 432 g/mol. The molecule has 0 bridgehead atoms. The first-order valence-corrected chi connectivity index (χ1v) is 11.9. The highest BCUT2D eigenvalue weighted by atomic mass is 32.2. The van der Waals surface area contributed by atoms with Crippen LogP contribution < -0.4 is 15.0 Å². The van der Waals surface area contributed by atoms with Crippen LogP contribution in [0.25, 0.3) is 0 Å². The van der Waals surface area contributed by atoms with Gasteiger partial charge in [-0.15, -0.1) is 0 Å². The third kappa shape index (κ3) is 4.77. The number of benzene rings is 2. The molecule has 0 radical (unpaired) electrons. The van der Waals surface area contributed by atoms with Gasteiger partial charge in [-0.2, -0.15) is 4.31 Å². The second kappa shape index (κ2) is 9.27. The molecule has 170 valence electrons. The summed E-state index contributed by atoms with van der Waals surface area (Å²) in [4.78, 5) is 28.5. The monoisotopic (exact) mass is 458 g/mol. The van der Waals surface area contributed by atoms with Crippen molar-refractivity contribution in [1.82, 2.24) is 9.21 Å². The van der Waals surface area contributed by atoms with Crippen molar-refractivity contribution in [3.8, 4) is 5.75 Å². The Morgan fingerprint density at radius 3 is 2.59 bits per heavy atom. The Bertz CT molecular complexity index is 1110. The van der Waals surface area contributed by atoms with Gasteiger partial charge in [-0.25, -0.2) is 8.42 Å². The molecule has 1 N–H and O–H groups in total. The van der Waals surface area contributed by atoms with Crippen molar-refractivity contribution in [3.05, 3.63) is 48.5 Å². The summed E-state index contributed by atoms with van der Waals surface area (Å²) in [6.45, 7) is 2.36. The number of rotatable bonds is 6. The van der Waals surface area contributed by atoms with E-state index in [1.807, 2.05) is 13.1 Å². The number of ether oxygens (including phenoxy) is 1. The minimum Gasteiger partial charge on any atom is -0.482 e. The number of carbonyl (C=O) groups is 2. The molecule has 9 nitrogen and oxygen atoms in total. The van der Waals surface area contributed by atoms with Gasteiger partial charge < -0.3 is 19.9 Å². The van der Waals surface area contributed by atoms with Gasteiger partial charge in [0, 0.05) is 44.8 Å². The quantitative estimate of drug-likeness (QED) is 0.702. The van der Waals surface area contributed by atoms with Gasteiger partial charge in [0.2, 0.25) is 15.9 Å². The molecule has 2 aromatic rings. The third-order valence-corrected chi connectivity index (χ3v) is 7.48. The first-order chi connectivity index (χ1) is 15.3. The van der Waals surface area contributed by atoms with Gasteiger partial charge in [-0.1, -0.05) is 18.2 Å². The number of carbonyl (C=O) groups excluding carboxylic acids is 2. The molecule has 2 aliphatic heterocycles. The Hall–Kier alpha value is -2.95. The van der Waals surface area contributed by atoms with Crippen molar-refractivity contribution in [2.24, 2.45) is 0 Å². The lowest BCUT2D eigenvalue weighted by molar-refractivity contribution is -0.121. The Labute approximate surface area is 187 Å². The number of anilines is 2. The molecule has 32 heavy (non-hydrogen) atoms. The van der Waals surface area contributed by atoms with E-state index in [9.17, 15) is 18.0 Å². The highest BCUT2D eigenvalue weighted by molar-refractivity contribution is 7.89. The molecule has 0 spiro atoms. The van der Waals surface area contributed by atoms with Crippen molar-refractivity contribution < 1.29 is 22.7 Å². The van der Waals surface area contributed by atoms with Gasteiger partial charge in [0.05, 0.1) is 10.6 Å². The van der Waals surface area contributed by atoms with E-state index in [2.05, 4.69) is 10.2 Å². The summed E-state index contributed by atoms with van der Waals surface area (Å²) in [7, 11) is -1.66. The molecule has 2 amide bonds. The van der Waals surface area contributed by atoms with Crippen LogP contribution in [0.3, 0.4) is 0 Å². The Morgan fingerprint density at radius 2 is 1.81 bits per heavy atom. The fourth-order valence-corrected chi connectivity index (χ4v) is 5.22. The van der Waals surface area contributed by atoms with Crippen LogP contribution >= 0.6 is 0 Å². The van der Waals surface area contributed by atoms with Gasteiger partial charge in [0.25, 0.3) is 5.91 Å². The van der Waals surface area contributed by atoms with Crippen LogP contribution in [0, 0.1) is 0 Å². The van der Waals surface area contributed by atoms with Crippen LogP contribution in [0.5, 0.6) is 5.75 Å². The molecule has 0 atom stereocenters. The summed E-state index contributed by atoms with van der Waals surface area (Å²) in [5.74, 6) is 0.0852. The summed E-state index contributed by atoms with van der Waals surface area (Å²) in [5.41, 5.74) is 1.04. The number of piperazine rings is 1. The zero-order valence-corrected chi connectivity index (χ0v) is 18.7. The first kappa shape index (κ1) is 22.3. The van der Waals surface area contributed by atoms with Crippen LogP contribution in [-0.2, 0) is 19.6 Å². The molecule has 1 saturated heterocycles. The smallest absolute Gasteiger partial charge is 0.265 e. The number of nitrogens with one attached hydrogen (secondary N) is 1. The lowest BCUT2D eigenvalue weighted by Crippen LogP contribution is -2.47. The molecule has 4 rings (SSSR count). The van der Waals surface area contributed by atoms with Gasteiger partial charge in [0.1, 0.15) is 5.75 Å². The normalized spacial score (nSPS) is 17.5. The third-order valence-electron chi connectivity index (χ3n) is 5.59. The van der Waals surface area contributed by atoms with E-state index in [-0.39, 0.29) is 36.3 Å². The van der Waals surface area contributed by atoms with Crippen molar-refractivity contribution in [2.75, 3.05) is 56.6 Å². The highest BCUT2D eigenvalue weighted by Gasteiger charge is 2.28. The predicted molar refractivity (Wildman–Crippen MR) is 120 cm³/mol. The Morgan fingerprint density at radius 1 is 1.06 bits per heavy atom. The molecule has 0 aromatic heterocycles. The van der Waals surface area contributed by atoms with Crippen LogP contribution in [0.2, 0.25) is 0 Å². The average Bonchev–Trinajstić information content (AvgIpc) is 2.79. The fraction of sp³-hybridized carbons (Fsp3) is 0.364. The van der Waals surface area contributed by atoms with Crippen LogP contribution in [0.4, 0.5) is 11.4 Å². The number of likely N-dealkylation sites (N-methyl/N-ethyl adjacent to an activating group) is 1. The SMILES string of the molecule is CN1CCN(S(=O)(=O)c2cccc(NC(=O)CCN3C(=O)COc4ccccc43)c2)CC1. The lowest BCUT2D eigenvalue weighted by Gasteiger charge is -2.31. The summed E-state index contributed by atoms with van der Waals surface area (Å²) >= 11 is 0. The van der Waals surface area contributed by atoms with Crippen LogP contribution in [0.1, 0.15) is 6.42 Å². The van der Waals surface area contributed by atoms with Gasteiger partial charge >= 0.3 is 0 Å². The van der Waals surface area contributed by atoms with E-state index < -0.39 is 10.0 Å². The molecule has 0 saturated carbocycles. The maximum Gasteiger partial charge on any atom is 0.265 e. The van der Waals surface area contributed by atoms with Crippen molar-refractivity contribution >= 4 is 33.2 Å². The lowest BCUT2D eigenvalue weighted by atomic mass is 10.2. The molecule has 2 aliphatic rings. The Balaban J connectivity index is 1.40. The van der Waals surface area contributed by atoms with Crippen LogP contribution in [-0.4, -0.2) is 75.8 Å². The van der Waals surface area contributed by atoms with Gasteiger partial charge in [-0.3, -0.25) is 9.59 Å². The number of hydrogen-bond acceptors (Lipinski definition) is 6.